The zero-order valence-corrected chi connectivity index (χ0v) is 18.5. The number of hydrogen-bond acceptors (Lipinski definition) is 6. The number of aromatic nitrogens is 5. The fourth-order valence-corrected chi connectivity index (χ4v) is 4.66. The number of hydrogen-bond donors (Lipinski definition) is 2. The smallest absolute Gasteiger partial charge is 0.272 e. The van der Waals surface area contributed by atoms with E-state index >= 15 is 0 Å². The minimum Gasteiger partial charge on any atom is -0.380 e. The highest BCUT2D eigenvalue weighted by Gasteiger charge is 2.39. The van der Waals surface area contributed by atoms with Gasteiger partial charge < -0.3 is 10.1 Å². The van der Waals surface area contributed by atoms with Gasteiger partial charge in [-0.05, 0) is 24.5 Å². The van der Waals surface area contributed by atoms with Crippen molar-refractivity contribution in [1.29, 1.82) is 0 Å². The minimum atomic E-state index is -0.118. The Hall–Kier alpha value is -2.78. The molecule has 0 aliphatic carbocycles. The van der Waals surface area contributed by atoms with Crippen LogP contribution in [0.2, 0.25) is 0 Å². The van der Waals surface area contributed by atoms with Gasteiger partial charge in [-0.25, -0.2) is 9.50 Å². The van der Waals surface area contributed by atoms with Crippen LogP contribution < -0.4 is 5.32 Å². The first-order chi connectivity index (χ1) is 14.8. The fraction of sp³-hybridized carbons (Fsp3) is 0.545. The van der Waals surface area contributed by atoms with Gasteiger partial charge in [0.2, 0.25) is 0 Å². The molecule has 5 heterocycles. The maximum absolute atomic E-state index is 13.1. The first-order valence-electron chi connectivity index (χ1n) is 10.8. The Labute approximate surface area is 181 Å². The third-order valence-corrected chi connectivity index (χ3v) is 6.24. The number of carbonyl (C=O) groups is 1. The second kappa shape index (κ2) is 7.42. The Morgan fingerprint density at radius 3 is 2.84 bits per heavy atom. The van der Waals surface area contributed by atoms with E-state index in [9.17, 15) is 4.79 Å². The van der Waals surface area contributed by atoms with Gasteiger partial charge in [-0.3, -0.25) is 14.8 Å². The van der Waals surface area contributed by atoms with Crippen molar-refractivity contribution in [1.82, 2.24) is 35.0 Å². The summed E-state index contributed by atoms with van der Waals surface area (Å²) in [6.07, 6.45) is 3.46. The molecule has 2 fully saturated rings. The Morgan fingerprint density at radius 2 is 2.16 bits per heavy atom. The number of nitrogens with one attached hydrogen (secondary N) is 2. The van der Waals surface area contributed by atoms with Crippen LogP contribution in [0.15, 0.2) is 18.6 Å². The molecule has 2 saturated heterocycles. The van der Waals surface area contributed by atoms with Crippen LogP contribution in [0.5, 0.6) is 0 Å². The second-order valence-electron chi connectivity index (χ2n) is 9.62. The van der Waals surface area contributed by atoms with E-state index in [0.717, 1.165) is 60.9 Å². The van der Waals surface area contributed by atoms with Gasteiger partial charge in [0.1, 0.15) is 6.33 Å². The molecule has 3 aromatic rings. The number of aryl methyl sites for hydroxylation is 1. The average molecular weight is 424 g/mol. The minimum absolute atomic E-state index is 0.118. The highest BCUT2D eigenvalue weighted by molar-refractivity contribution is 5.96. The van der Waals surface area contributed by atoms with Gasteiger partial charge in [0.05, 0.1) is 24.9 Å². The van der Waals surface area contributed by atoms with Crippen molar-refractivity contribution in [3.8, 4) is 11.3 Å². The second-order valence-corrected chi connectivity index (χ2v) is 9.62. The highest BCUT2D eigenvalue weighted by Crippen LogP contribution is 2.32. The van der Waals surface area contributed by atoms with Crippen molar-refractivity contribution in [2.24, 2.45) is 5.41 Å². The van der Waals surface area contributed by atoms with Gasteiger partial charge in [-0.15, -0.1) is 0 Å². The molecule has 164 valence electrons. The molecule has 2 aliphatic rings. The lowest BCUT2D eigenvalue weighted by atomic mass is 9.86. The van der Waals surface area contributed by atoms with Crippen LogP contribution in [0.3, 0.4) is 0 Å². The molecule has 5 rings (SSSR count). The van der Waals surface area contributed by atoms with Crippen molar-refractivity contribution < 1.29 is 9.53 Å². The number of nitrogens with zero attached hydrogens (tertiary/aromatic N) is 5. The topological polar surface area (TPSA) is 100 Å². The van der Waals surface area contributed by atoms with Gasteiger partial charge >= 0.3 is 0 Å². The molecule has 2 N–H and O–H groups in total. The quantitative estimate of drug-likeness (QED) is 0.629. The molecule has 0 saturated carbocycles. The van der Waals surface area contributed by atoms with E-state index in [-0.39, 0.29) is 23.3 Å². The summed E-state index contributed by atoms with van der Waals surface area (Å²) in [5, 5.41) is 14.9. The van der Waals surface area contributed by atoms with Crippen molar-refractivity contribution in [2.45, 2.75) is 39.7 Å². The maximum atomic E-state index is 13.1. The summed E-state index contributed by atoms with van der Waals surface area (Å²) < 4.78 is 7.10. The van der Waals surface area contributed by atoms with Gasteiger partial charge in [-0.1, -0.05) is 20.8 Å². The number of rotatable bonds is 6. The molecule has 9 nitrogen and oxygen atoms in total. The number of pyridine rings is 1. The van der Waals surface area contributed by atoms with Crippen LogP contribution in [0, 0.1) is 12.3 Å². The summed E-state index contributed by atoms with van der Waals surface area (Å²) in [6.45, 7) is 12.8. The van der Waals surface area contributed by atoms with E-state index < -0.39 is 0 Å². The zero-order chi connectivity index (χ0) is 21.8. The van der Waals surface area contributed by atoms with Crippen LogP contribution in [-0.2, 0) is 4.74 Å². The number of H-pyrrole nitrogens is 1. The van der Waals surface area contributed by atoms with Gasteiger partial charge in [-0.2, -0.15) is 10.2 Å². The molecule has 31 heavy (non-hydrogen) atoms. The van der Waals surface area contributed by atoms with Gasteiger partial charge in [0.25, 0.3) is 5.91 Å². The van der Waals surface area contributed by atoms with E-state index in [2.05, 4.69) is 57.3 Å². The Morgan fingerprint density at radius 1 is 1.39 bits per heavy atom. The Bertz CT molecular complexity index is 1120. The van der Waals surface area contributed by atoms with Crippen LogP contribution in [0.1, 0.15) is 48.3 Å². The molecule has 0 unspecified atom stereocenters. The molecule has 3 aromatic heterocycles. The molecule has 0 atom stereocenters. The number of carbonyl (C=O) groups excluding carboxylic acids is 1. The summed E-state index contributed by atoms with van der Waals surface area (Å²) in [5.41, 5.74) is 5.30. The van der Waals surface area contributed by atoms with E-state index in [1.807, 2.05) is 13.1 Å². The summed E-state index contributed by atoms with van der Waals surface area (Å²) >= 11 is 0. The Kier molecular flexibility index (Phi) is 4.82. The lowest BCUT2D eigenvalue weighted by Crippen LogP contribution is -2.63. The molecule has 0 aromatic carbocycles. The fourth-order valence-electron chi connectivity index (χ4n) is 4.66. The van der Waals surface area contributed by atoms with Crippen LogP contribution in [0.4, 0.5) is 0 Å². The van der Waals surface area contributed by atoms with E-state index in [1.165, 1.54) is 0 Å². The first kappa shape index (κ1) is 20.1. The average Bonchev–Trinajstić information content (AvgIpc) is 3.31. The zero-order valence-electron chi connectivity index (χ0n) is 18.5. The van der Waals surface area contributed by atoms with Crippen LogP contribution in [-0.4, -0.2) is 74.5 Å². The standard InChI is InChI=1S/C22H29N7O2/c1-13(2)17-18(15-5-14(3)20-23-12-24-29(20)6-15)26-27-19(17)21(30)25-16-7-28(8-16)9-22(4)10-31-11-22/h5-6,12-13,16H,7-11H2,1-4H3,(H,25,30)(H,26,27). The molecule has 1 amide bonds. The summed E-state index contributed by atoms with van der Waals surface area (Å²) in [6, 6.07) is 2.21. The third-order valence-electron chi connectivity index (χ3n) is 6.24. The molecular weight excluding hydrogens is 394 g/mol. The number of ether oxygens (including phenoxy) is 1. The summed E-state index contributed by atoms with van der Waals surface area (Å²) in [7, 11) is 0. The number of aromatic amines is 1. The van der Waals surface area contributed by atoms with E-state index in [4.69, 9.17) is 4.74 Å². The Balaban J connectivity index is 1.33. The maximum Gasteiger partial charge on any atom is 0.272 e. The largest absolute Gasteiger partial charge is 0.380 e. The van der Waals surface area contributed by atoms with Crippen molar-refractivity contribution in [2.75, 3.05) is 32.8 Å². The predicted octanol–water partition coefficient (Wildman–Crippen LogP) is 2.00. The molecule has 0 spiro atoms. The lowest BCUT2D eigenvalue weighted by Gasteiger charge is -2.47. The lowest BCUT2D eigenvalue weighted by molar-refractivity contribution is -0.123. The molecule has 9 heteroatoms. The highest BCUT2D eigenvalue weighted by atomic mass is 16.5. The van der Waals surface area contributed by atoms with Crippen LogP contribution >= 0.6 is 0 Å². The monoisotopic (exact) mass is 423 g/mol. The third kappa shape index (κ3) is 3.61. The number of likely N-dealkylation sites (tertiary alicyclic amines) is 1. The van der Waals surface area contributed by atoms with Crippen molar-refractivity contribution in [3.63, 3.8) is 0 Å². The molecule has 2 aliphatic heterocycles. The van der Waals surface area contributed by atoms with E-state index in [0.29, 0.717) is 5.69 Å². The molecular formula is C22H29N7O2. The van der Waals surface area contributed by atoms with Crippen molar-refractivity contribution in [3.05, 3.63) is 35.4 Å². The molecule has 0 bridgehead atoms. The van der Waals surface area contributed by atoms with E-state index in [1.54, 1.807) is 10.8 Å². The SMILES string of the molecule is Cc1cc(-c2[nH]nc(C(=O)NC3CN(CC4(C)COC4)C3)c2C(C)C)cn2ncnc12. The normalized spacial score (nSPS) is 18.9. The van der Waals surface area contributed by atoms with Crippen molar-refractivity contribution >= 4 is 11.6 Å². The van der Waals surface area contributed by atoms with Gasteiger partial charge in [0, 0.05) is 42.4 Å². The number of fused-ring (bicyclic) bond motifs is 1. The van der Waals surface area contributed by atoms with Gasteiger partial charge in [0.15, 0.2) is 11.3 Å². The summed E-state index contributed by atoms with van der Waals surface area (Å²) in [4.78, 5) is 19.7. The number of amides is 1. The predicted molar refractivity (Wildman–Crippen MR) is 116 cm³/mol. The molecule has 0 radical (unpaired) electrons. The van der Waals surface area contributed by atoms with Crippen LogP contribution in [0.25, 0.3) is 16.9 Å². The summed E-state index contributed by atoms with van der Waals surface area (Å²) in [5.74, 6) is 0.0188. The first-order valence-corrected chi connectivity index (χ1v) is 10.8.